The summed E-state index contributed by atoms with van der Waals surface area (Å²) in [5.74, 6) is 1.73. The van der Waals surface area contributed by atoms with Crippen LogP contribution in [0, 0.1) is 0 Å². The van der Waals surface area contributed by atoms with E-state index in [0.29, 0.717) is 11.8 Å². The molecule has 132 valence electrons. The van der Waals surface area contributed by atoms with Gasteiger partial charge in [-0.15, -0.1) is 0 Å². The number of aromatic nitrogens is 2. The van der Waals surface area contributed by atoms with Gasteiger partial charge >= 0.3 is 0 Å². The lowest BCUT2D eigenvalue weighted by Crippen LogP contribution is -2.56. The molecule has 7 heteroatoms. The van der Waals surface area contributed by atoms with E-state index in [2.05, 4.69) is 26.7 Å². The van der Waals surface area contributed by atoms with Crippen LogP contribution in [0.4, 0.5) is 5.82 Å². The van der Waals surface area contributed by atoms with Crippen molar-refractivity contribution in [3.05, 3.63) is 12.4 Å². The van der Waals surface area contributed by atoms with Crippen LogP contribution in [0.3, 0.4) is 0 Å². The Labute approximate surface area is 143 Å². The number of likely N-dealkylation sites (tertiary alicyclic amines) is 1. The summed E-state index contributed by atoms with van der Waals surface area (Å²) in [7, 11) is 1.60. The third kappa shape index (κ3) is 3.61. The number of nitrogens with zero attached hydrogens (tertiary/aromatic N) is 5. The van der Waals surface area contributed by atoms with E-state index in [4.69, 9.17) is 4.74 Å². The standard InChI is InChI=1S/C17H27N5O2/c1-3-20-7-5-4-6-14(20)17(23)22-10-8-21(9-11-22)15-12-16(24-2)19-13-18-15/h12-14H,3-11H2,1-2H3. The fourth-order valence-electron chi connectivity index (χ4n) is 3.63. The number of hydrogen-bond donors (Lipinski definition) is 0. The Hall–Kier alpha value is -1.89. The Morgan fingerprint density at radius 1 is 1.21 bits per heavy atom. The Morgan fingerprint density at radius 3 is 2.71 bits per heavy atom. The number of piperidine rings is 1. The van der Waals surface area contributed by atoms with Gasteiger partial charge in [0, 0.05) is 32.2 Å². The van der Waals surface area contributed by atoms with Crippen molar-refractivity contribution in [3.63, 3.8) is 0 Å². The summed E-state index contributed by atoms with van der Waals surface area (Å²) in [6, 6.07) is 1.92. The summed E-state index contributed by atoms with van der Waals surface area (Å²) in [6.07, 6.45) is 4.89. The van der Waals surface area contributed by atoms with Crippen LogP contribution >= 0.6 is 0 Å². The van der Waals surface area contributed by atoms with Crippen LogP contribution in [0.15, 0.2) is 12.4 Å². The highest BCUT2D eigenvalue weighted by molar-refractivity contribution is 5.82. The maximum Gasteiger partial charge on any atom is 0.240 e. The van der Waals surface area contributed by atoms with E-state index in [0.717, 1.165) is 57.9 Å². The molecule has 1 aromatic rings. The fraction of sp³-hybridized carbons (Fsp3) is 0.706. The molecular formula is C17H27N5O2. The molecule has 3 heterocycles. The second-order valence-electron chi connectivity index (χ2n) is 6.37. The van der Waals surface area contributed by atoms with E-state index in [1.807, 2.05) is 11.0 Å². The van der Waals surface area contributed by atoms with Gasteiger partial charge in [-0.25, -0.2) is 9.97 Å². The smallest absolute Gasteiger partial charge is 0.240 e. The molecule has 0 N–H and O–H groups in total. The molecule has 1 unspecified atom stereocenters. The molecule has 2 aliphatic rings. The first-order valence-electron chi connectivity index (χ1n) is 8.86. The average Bonchev–Trinajstić information content (AvgIpc) is 2.67. The Kier molecular flexibility index (Phi) is 5.50. The maximum atomic E-state index is 12.9. The van der Waals surface area contributed by atoms with Gasteiger partial charge < -0.3 is 14.5 Å². The number of methoxy groups -OCH3 is 1. The highest BCUT2D eigenvalue weighted by Gasteiger charge is 2.32. The van der Waals surface area contributed by atoms with Gasteiger partial charge in [0.15, 0.2) is 0 Å². The van der Waals surface area contributed by atoms with Crippen LogP contribution in [0.2, 0.25) is 0 Å². The molecule has 1 aromatic heterocycles. The van der Waals surface area contributed by atoms with Crippen LogP contribution in [0.25, 0.3) is 0 Å². The van der Waals surface area contributed by atoms with E-state index in [1.165, 1.54) is 12.7 Å². The van der Waals surface area contributed by atoms with Gasteiger partial charge in [-0.2, -0.15) is 0 Å². The highest BCUT2D eigenvalue weighted by atomic mass is 16.5. The topological polar surface area (TPSA) is 61.8 Å². The van der Waals surface area contributed by atoms with Crippen LogP contribution in [-0.4, -0.2) is 78.1 Å². The minimum Gasteiger partial charge on any atom is -0.481 e. The second-order valence-corrected chi connectivity index (χ2v) is 6.37. The van der Waals surface area contributed by atoms with Gasteiger partial charge in [-0.05, 0) is 25.9 Å². The predicted octanol–water partition coefficient (Wildman–Crippen LogP) is 1.01. The zero-order valence-electron chi connectivity index (χ0n) is 14.6. The summed E-state index contributed by atoms with van der Waals surface area (Å²) in [5.41, 5.74) is 0. The minimum atomic E-state index is 0.0782. The van der Waals surface area contributed by atoms with Crippen molar-refractivity contribution in [1.82, 2.24) is 19.8 Å². The van der Waals surface area contributed by atoms with Crippen molar-refractivity contribution in [3.8, 4) is 5.88 Å². The van der Waals surface area contributed by atoms with Gasteiger partial charge in [0.05, 0.1) is 13.2 Å². The van der Waals surface area contributed by atoms with Gasteiger partial charge in [-0.3, -0.25) is 9.69 Å². The van der Waals surface area contributed by atoms with E-state index in [1.54, 1.807) is 7.11 Å². The summed E-state index contributed by atoms with van der Waals surface area (Å²) in [5, 5.41) is 0. The normalized spacial score (nSPS) is 22.5. The molecule has 1 amide bonds. The first-order valence-corrected chi connectivity index (χ1v) is 8.86. The van der Waals surface area contributed by atoms with Crippen LogP contribution in [0.1, 0.15) is 26.2 Å². The number of anilines is 1. The predicted molar refractivity (Wildman–Crippen MR) is 92.3 cm³/mol. The van der Waals surface area contributed by atoms with Crippen molar-refractivity contribution < 1.29 is 9.53 Å². The number of piperazine rings is 1. The van der Waals surface area contributed by atoms with Gasteiger partial charge in [-0.1, -0.05) is 13.3 Å². The number of likely N-dealkylation sites (N-methyl/N-ethyl adjacent to an activating group) is 1. The first kappa shape index (κ1) is 17.0. The molecule has 0 radical (unpaired) electrons. The molecule has 2 saturated heterocycles. The zero-order valence-corrected chi connectivity index (χ0v) is 14.6. The lowest BCUT2D eigenvalue weighted by Gasteiger charge is -2.40. The number of carbonyl (C=O) groups excluding carboxylic acids is 1. The van der Waals surface area contributed by atoms with Gasteiger partial charge in [0.25, 0.3) is 0 Å². The quantitative estimate of drug-likeness (QED) is 0.819. The van der Waals surface area contributed by atoms with Gasteiger partial charge in [0.2, 0.25) is 11.8 Å². The number of hydrogen-bond acceptors (Lipinski definition) is 6. The lowest BCUT2D eigenvalue weighted by atomic mass is 10.0. The highest BCUT2D eigenvalue weighted by Crippen LogP contribution is 2.21. The van der Waals surface area contributed by atoms with Crippen molar-refractivity contribution in [2.45, 2.75) is 32.2 Å². The van der Waals surface area contributed by atoms with E-state index < -0.39 is 0 Å². The average molecular weight is 333 g/mol. The summed E-state index contributed by atoms with van der Waals surface area (Å²) in [4.78, 5) is 27.8. The van der Waals surface area contributed by atoms with Crippen molar-refractivity contribution in [1.29, 1.82) is 0 Å². The molecule has 24 heavy (non-hydrogen) atoms. The third-order valence-corrected chi connectivity index (χ3v) is 5.06. The second kappa shape index (κ2) is 7.79. The summed E-state index contributed by atoms with van der Waals surface area (Å²) in [6.45, 7) is 7.24. The Bertz CT molecular complexity index is 560. The van der Waals surface area contributed by atoms with Crippen LogP contribution in [-0.2, 0) is 4.79 Å². The van der Waals surface area contributed by atoms with E-state index in [-0.39, 0.29) is 6.04 Å². The van der Waals surface area contributed by atoms with Crippen LogP contribution < -0.4 is 9.64 Å². The molecular weight excluding hydrogens is 306 g/mol. The molecule has 0 saturated carbocycles. The Balaban J connectivity index is 1.59. The zero-order chi connectivity index (χ0) is 16.9. The summed E-state index contributed by atoms with van der Waals surface area (Å²) >= 11 is 0. The molecule has 2 fully saturated rings. The lowest BCUT2D eigenvalue weighted by molar-refractivity contribution is -0.138. The number of amides is 1. The number of carbonyl (C=O) groups is 1. The Morgan fingerprint density at radius 2 is 2.00 bits per heavy atom. The number of rotatable bonds is 4. The SMILES string of the molecule is CCN1CCCCC1C(=O)N1CCN(c2cc(OC)ncn2)CC1. The third-order valence-electron chi connectivity index (χ3n) is 5.06. The molecule has 0 bridgehead atoms. The maximum absolute atomic E-state index is 12.9. The van der Waals surface area contributed by atoms with Gasteiger partial charge in [0.1, 0.15) is 12.1 Å². The molecule has 0 spiro atoms. The molecule has 7 nitrogen and oxygen atoms in total. The molecule has 3 rings (SSSR count). The van der Waals surface area contributed by atoms with E-state index in [9.17, 15) is 4.79 Å². The molecule has 2 aliphatic heterocycles. The van der Waals surface area contributed by atoms with Crippen LogP contribution in [0.5, 0.6) is 5.88 Å². The van der Waals surface area contributed by atoms with E-state index >= 15 is 0 Å². The molecule has 0 aliphatic carbocycles. The monoisotopic (exact) mass is 333 g/mol. The van der Waals surface area contributed by atoms with Crippen molar-refractivity contribution >= 4 is 11.7 Å². The summed E-state index contributed by atoms with van der Waals surface area (Å²) < 4.78 is 5.16. The molecule has 1 atom stereocenters. The minimum absolute atomic E-state index is 0.0782. The largest absolute Gasteiger partial charge is 0.481 e. The molecule has 0 aromatic carbocycles. The fourth-order valence-corrected chi connectivity index (χ4v) is 3.63. The first-order chi connectivity index (χ1) is 11.7. The number of ether oxygens (including phenoxy) is 1. The van der Waals surface area contributed by atoms with Crippen molar-refractivity contribution in [2.75, 3.05) is 51.3 Å². The van der Waals surface area contributed by atoms with Crippen molar-refractivity contribution in [2.24, 2.45) is 0 Å².